The molecular formula is C16H33ClN2O. The Balaban J connectivity index is 0.00000361. The molecule has 0 aromatic heterocycles. The lowest BCUT2D eigenvalue weighted by Crippen LogP contribution is -2.40. The molecule has 1 amide bonds. The van der Waals surface area contributed by atoms with E-state index in [4.69, 9.17) is 5.73 Å². The van der Waals surface area contributed by atoms with Gasteiger partial charge in [0, 0.05) is 12.5 Å². The van der Waals surface area contributed by atoms with Crippen LogP contribution in [0.1, 0.15) is 59.3 Å². The molecule has 3 unspecified atom stereocenters. The second kappa shape index (κ2) is 10.4. The smallest absolute Gasteiger partial charge is 0.223 e. The maximum atomic E-state index is 12.4. The number of carbonyl (C=O) groups excluding carboxylic acids is 1. The van der Waals surface area contributed by atoms with Crippen LogP contribution >= 0.6 is 12.4 Å². The van der Waals surface area contributed by atoms with E-state index in [-0.39, 0.29) is 24.2 Å². The first-order valence-electron chi connectivity index (χ1n) is 8.04. The van der Waals surface area contributed by atoms with E-state index < -0.39 is 0 Å². The van der Waals surface area contributed by atoms with Crippen molar-refractivity contribution in [3.8, 4) is 0 Å². The van der Waals surface area contributed by atoms with E-state index in [0.29, 0.717) is 17.8 Å². The summed E-state index contributed by atoms with van der Waals surface area (Å²) in [4.78, 5) is 12.4. The third kappa shape index (κ3) is 6.45. The fraction of sp³-hybridized carbons (Fsp3) is 0.938. The summed E-state index contributed by atoms with van der Waals surface area (Å²) in [5, 5.41) is 3.14. The average Bonchev–Trinajstić information content (AvgIpc) is 2.37. The van der Waals surface area contributed by atoms with Crippen LogP contribution in [-0.2, 0) is 4.79 Å². The molecule has 0 heterocycles. The summed E-state index contributed by atoms with van der Waals surface area (Å²) in [5.41, 5.74) is 5.47. The van der Waals surface area contributed by atoms with Crippen molar-refractivity contribution in [2.75, 3.05) is 13.1 Å². The molecule has 120 valence electrons. The van der Waals surface area contributed by atoms with Crippen molar-refractivity contribution >= 4 is 18.3 Å². The molecule has 1 saturated carbocycles. The van der Waals surface area contributed by atoms with E-state index in [0.717, 1.165) is 38.8 Å². The molecule has 1 rings (SSSR count). The SMILES string of the molecule is CC1CCC(C(C)C)C(C(=O)NCCCCCN)C1.Cl. The van der Waals surface area contributed by atoms with Gasteiger partial charge in [-0.25, -0.2) is 0 Å². The highest BCUT2D eigenvalue weighted by Crippen LogP contribution is 2.38. The summed E-state index contributed by atoms with van der Waals surface area (Å²) in [5.74, 6) is 2.40. The second-order valence-electron chi connectivity index (χ2n) is 6.57. The van der Waals surface area contributed by atoms with Crippen molar-refractivity contribution in [2.24, 2.45) is 29.4 Å². The Morgan fingerprint density at radius 1 is 1.25 bits per heavy atom. The predicted molar refractivity (Wildman–Crippen MR) is 88.0 cm³/mol. The highest BCUT2D eigenvalue weighted by Gasteiger charge is 2.34. The third-order valence-corrected chi connectivity index (χ3v) is 4.54. The maximum Gasteiger partial charge on any atom is 0.223 e. The second-order valence-corrected chi connectivity index (χ2v) is 6.57. The summed E-state index contributed by atoms with van der Waals surface area (Å²) >= 11 is 0. The van der Waals surface area contributed by atoms with Gasteiger partial charge in [-0.15, -0.1) is 12.4 Å². The zero-order valence-electron chi connectivity index (χ0n) is 13.4. The number of amides is 1. The zero-order chi connectivity index (χ0) is 14.3. The van der Waals surface area contributed by atoms with Gasteiger partial charge in [-0.05, 0) is 50.0 Å². The van der Waals surface area contributed by atoms with Gasteiger partial charge in [-0.2, -0.15) is 0 Å². The Morgan fingerprint density at radius 3 is 2.55 bits per heavy atom. The molecule has 3 N–H and O–H groups in total. The lowest BCUT2D eigenvalue weighted by atomic mass is 9.70. The van der Waals surface area contributed by atoms with Gasteiger partial charge in [0.2, 0.25) is 5.91 Å². The molecule has 0 aromatic carbocycles. The van der Waals surface area contributed by atoms with Crippen molar-refractivity contribution in [1.82, 2.24) is 5.32 Å². The van der Waals surface area contributed by atoms with Gasteiger partial charge in [-0.3, -0.25) is 4.79 Å². The summed E-state index contributed by atoms with van der Waals surface area (Å²) in [6, 6.07) is 0. The topological polar surface area (TPSA) is 55.1 Å². The van der Waals surface area contributed by atoms with Crippen molar-refractivity contribution in [3.63, 3.8) is 0 Å². The van der Waals surface area contributed by atoms with Crippen molar-refractivity contribution in [1.29, 1.82) is 0 Å². The van der Waals surface area contributed by atoms with E-state index in [1.807, 2.05) is 0 Å². The molecule has 3 atom stereocenters. The van der Waals surface area contributed by atoms with Gasteiger partial charge < -0.3 is 11.1 Å². The number of nitrogens with one attached hydrogen (secondary N) is 1. The molecule has 0 aromatic rings. The lowest BCUT2D eigenvalue weighted by molar-refractivity contribution is -0.129. The molecule has 0 radical (unpaired) electrons. The number of unbranched alkanes of at least 4 members (excludes halogenated alkanes) is 2. The minimum Gasteiger partial charge on any atom is -0.356 e. The minimum atomic E-state index is 0. The van der Waals surface area contributed by atoms with E-state index in [1.165, 1.54) is 12.8 Å². The summed E-state index contributed by atoms with van der Waals surface area (Å²) in [7, 11) is 0. The normalized spacial score (nSPS) is 26.1. The van der Waals surface area contributed by atoms with Gasteiger partial charge >= 0.3 is 0 Å². The number of hydrogen-bond acceptors (Lipinski definition) is 2. The van der Waals surface area contributed by atoms with Crippen LogP contribution in [0, 0.1) is 23.7 Å². The van der Waals surface area contributed by atoms with Crippen molar-refractivity contribution < 1.29 is 4.79 Å². The molecule has 1 aliphatic rings. The van der Waals surface area contributed by atoms with Crippen LogP contribution in [0.15, 0.2) is 0 Å². The highest BCUT2D eigenvalue weighted by molar-refractivity contribution is 5.85. The molecule has 0 aliphatic heterocycles. The molecule has 0 spiro atoms. The maximum absolute atomic E-state index is 12.4. The molecule has 1 aliphatic carbocycles. The molecule has 20 heavy (non-hydrogen) atoms. The monoisotopic (exact) mass is 304 g/mol. The molecular weight excluding hydrogens is 272 g/mol. The largest absolute Gasteiger partial charge is 0.356 e. The van der Waals surface area contributed by atoms with Gasteiger partial charge in [-0.1, -0.05) is 33.6 Å². The molecule has 3 nitrogen and oxygen atoms in total. The fourth-order valence-corrected chi connectivity index (χ4v) is 3.29. The number of nitrogens with two attached hydrogens (primary N) is 1. The molecule has 0 bridgehead atoms. The van der Waals surface area contributed by atoms with Gasteiger partial charge in [0.15, 0.2) is 0 Å². The zero-order valence-corrected chi connectivity index (χ0v) is 14.2. The number of rotatable bonds is 7. The number of halogens is 1. The van der Waals surface area contributed by atoms with Gasteiger partial charge in [0.05, 0.1) is 0 Å². The van der Waals surface area contributed by atoms with Gasteiger partial charge in [0.25, 0.3) is 0 Å². The first-order chi connectivity index (χ1) is 9.06. The van der Waals surface area contributed by atoms with Gasteiger partial charge in [0.1, 0.15) is 0 Å². The first-order valence-corrected chi connectivity index (χ1v) is 8.04. The quantitative estimate of drug-likeness (QED) is 0.709. The summed E-state index contributed by atoms with van der Waals surface area (Å²) in [6.07, 6.45) is 6.79. The van der Waals surface area contributed by atoms with Crippen LogP contribution < -0.4 is 11.1 Å². The standard InChI is InChI=1S/C16H32N2O.ClH/c1-12(2)14-8-7-13(3)11-15(14)16(19)18-10-6-4-5-9-17;/h12-15H,4-11,17H2,1-3H3,(H,18,19);1H. The van der Waals surface area contributed by atoms with Crippen LogP contribution in [0.3, 0.4) is 0 Å². The van der Waals surface area contributed by atoms with Crippen LogP contribution in [0.2, 0.25) is 0 Å². The van der Waals surface area contributed by atoms with Crippen molar-refractivity contribution in [3.05, 3.63) is 0 Å². The Kier molecular flexibility index (Phi) is 10.3. The van der Waals surface area contributed by atoms with Crippen LogP contribution in [-0.4, -0.2) is 19.0 Å². The average molecular weight is 305 g/mol. The third-order valence-electron chi connectivity index (χ3n) is 4.54. The predicted octanol–water partition coefficient (Wildman–Crippen LogP) is 3.36. The van der Waals surface area contributed by atoms with E-state index in [2.05, 4.69) is 26.1 Å². The Morgan fingerprint density at radius 2 is 1.95 bits per heavy atom. The summed E-state index contributed by atoms with van der Waals surface area (Å²) in [6.45, 7) is 8.35. The first kappa shape index (κ1) is 19.7. The fourth-order valence-electron chi connectivity index (χ4n) is 3.29. The Labute approximate surface area is 130 Å². The van der Waals surface area contributed by atoms with Crippen LogP contribution in [0.25, 0.3) is 0 Å². The molecule has 4 heteroatoms. The Hall–Kier alpha value is -0.280. The molecule has 0 saturated heterocycles. The minimum absolute atomic E-state index is 0. The Bertz CT molecular complexity index is 271. The highest BCUT2D eigenvalue weighted by atomic mass is 35.5. The van der Waals surface area contributed by atoms with E-state index >= 15 is 0 Å². The summed E-state index contributed by atoms with van der Waals surface area (Å²) < 4.78 is 0. The van der Waals surface area contributed by atoms with E-state index in [9.17, 15) is 4.79 Å². The molecule has 1 fully saturated rings. The van der Waals surface area contributed by atoms with Crippen LogP contribution in [0.4, 0.5) is 0 Å². The lowest BCUT2D eigenvalue weighted by Gasteiger charge is -2.36. The number of carbonyl (C=O) groups is 1. The number of hydrogen-bond donors (Lipinski definition) is 2. The van der Waals surface area contributed by atoms with Crippen LogP contribution in [0.5, 0.6) is 0 Å². The van der Waals surface area contributed by atoms with Crippen molar-refractivity contribution in [2.45, 2.75) is 59.3 Å². The van der Waals surface area contributed by atoms with E-state index in [1.54, 1.807) is 0 Å².